The smallest absolute Gasteiger partial charge is 0.224 e. The molecule has 2 aromatic rings. The van der Waals surface area contributed by atoms with E-state index in [1.54, 1.807) is 18.2 Å². The molecule has 0 fully saturated rings. The van der Waals surface area contributed by atoms with Crippen LogP contribution in [0.3, 0.4) is 0 Å². The maximum Gasteiger partial charge on any atom is 0.224 e. The summed E-state index contributed by atoms with van der Waals surface area (Å²) < 4.78 is 11.4. The second-order valence-corrected chi connectivity index (χ2v) is 6.26. The topological polar surface area (TPSA) is 64.6 Å². The molecule has 2 rings (SSSR count). The van der Waals surface area contributed by atoms with Crippen molar-refractivity contribution < 1.29 is 19.1 Å². The Bertz CT molecular complexity index is 786. The van der Waals surface area contributed by atoms with Crippen molar-refractivity contribution in [2.75, 3.05) is 18.5 Å². The lowest BCUT2D eigenvalue weighted by atomic mass is 10.1. The van der Waals surface area contributed by atoms with Crippen molar-refractivity contribution in [1.82, 2.24) is 0 Å². The number of nitrogens with one attached hydrogen (secondary N) is 1. The van der Waals surface area contributed by atoms with Crippen LogP contribution in [0, 0.1) is 0 Å². The highest BCUT2D eigenvalue weighted by atomic mass is 16.5. The summed E-state index contributed by atoms with van der Waals surface area (Å²) in [7, 11) is 0. The van der Waals surface area contributed by atoms with Gasteiger partial charge in [0.25, 0.3) is 0 Å². The van der Waals surface area contributed by atoms with E-state index in [0.29, 0.717) is 36.6 Å². The van der Waals surface area contributed by atoms with Gasteiger partial charge < -0.3 is 14.8 Å². The first-order valence-corrected chi connectivity index (χ1v) is 9.32. The molecular formula is C22H27NO4. The Morgan fingerprint density at radius 2 is 1.78 bits per heavy atom. The summed E-state index contributed by atoms with van der Waals surface area (Å²) >= 11 is 0. The van der Waals surface area contributed by atoms with Crippen molar-refractivity contribution in [2.24, 2.45) is 0 Å². The van der Waals surface area contributed by atoms with Gasteiger partial charge in [0.05, 0.1) is 5.56 Å². The summed E-state index contributed by atoms with van der Waals surface area (Å²) in [6.07, 6.45) is 2.18. The zero-order valence-corrected chi connectivity index (χ0v) is 16.2. The van der Waals surface area contributed by atoms with Crippen LogP contribution in [0.1, 0.15) is 49.5 Å². The number of ketones is 1. The first kappa shape index (κ1) is 20.5. The van der Waals surface area contributed by atoms with Crippen molar-refractivity contribution in [3.8, 4) is 11.5 Å². The van der Waals surface area contributed by atoms with Crippen LogP contribution < -0.4 is 14.8 Å². The highest BCUT2D eigenvalue weighted by Gasteiger charge is 2.11. The third-order valence-corrected chi connectivity index (χ3v) is 4.04. The Morgan fingerprint density at radius 3 is 2.48 bits per heavy atom. The number of benzene rings is 2. The number of hydrogen-bond donors (Lipinski definition) is 1. The molecule has 5 heteroatoms. The minimum absolute atomic E-state index is 0.0663. The Morgan fingerprint density at radius 1 is 1.00 bits per heavy atom. The molecule has 0 aromatic heterocycles. The SMILES string of the molecule is CCCC(=O)Nc1ccc(OCCOc2cccc(CC)c2)c(C(C)=O)c1. The fourth-order valence-corrected chi connectivity index (χ4v) is 2.63. The summed E-state index contributed by atoms with van der Waals surface area (Å²) in [5.41, 5.74) is 2.25. The molecule has 2 aromatic carbocycles. The molecular weight excluding hydrogens is 342 g/mol. The second kappa shape index (κ2) is 10.4. The van der Waals surface area contributed by atoms with Gasteiger partial charge in [-0.2, -0.15) is 0 Å². The maximum atomic E-state index is 11.9. The standard InChI is InChI=1S/C22H27NO4/c1-4-7-22(25)23-18-10-11-21(20(15-18)16(3)24)27-13-12-26-19-9-6-8-17(5-2)14-19/h6,8-11,14-15H,4-5,7,12-13H2,1-3H3,(H,23,25). The van der Waals surface area contributed by atoms with Crippen LogP contribution in [-0.4, -0.2) is 24.9 Å². The number of carbonyl (C=O) groups excluding carboxylic acids is 2. The van der Waals surface area contributed by atoms with E-state index in [1.165, 1.54) is 12.5 Å². The van der Waals surface area contributed by atoms with Crippen LogP contribution in [0.15, 0.2) is 42.5 Å². The van der Waals surface area contributed by atoms with Crippen LogP contribution in [0.2, 0.25) is 0 Å². The molecule has 0 unspecified atom stereocenters. The fourth-order valence-electron chi connectivity index (χ4n) is 2.63. The van der Waals surface area contributed by atoms with Crippen LogP contribution in [-0.2, 0) is 11.2 Å². The number of ether oxygens (including phenoxy) is 2. The van der Waals surface area contributed by atoms with Gasteiger partial charge in [0.1, 0.15) is 24.7 Å². The van der Waals surface area contributed by atoms with Crippen LogP contribution >= 0.6 is 0 Å². The average molecular weight is 369 g/mol. The molecule has 1 N–H and O–H groups in total. The van der Waals surface area contributed by atoms with Gasteiger partial charge in [-0.05, 0) is 55.7 Å². The Labute approximate surface area is 160 Å². The van der Waals surface area contributed by atoms with Gasteiger partial charge in [-0.1, -0.05) is 26.0 Å². The van der Waals surface area contributed by atoms with Gasteiger partial charge in [0.2, 0.25) is 5.91 Å². The molecule has 0 saturated heterocycles. The molecule has 0 aliphatic carbocycles. The van der Waals surface area contributed by atoms with Gasteiger partial charge in [-0.3, -0.25) is 9.59 Å². The first-order valence-electron chi connectivity index (χ1n) is 9.32. The Hall–Kier alpha value is -2.82. The lowest BCUT2D eigenvalue weighted by molar-refractivity contribution is -0.116. The molecule has 0 radical (unpaired) electrons. The molecule has 0 aliphatic heterocycles. The number of hydrogen-bond acceptors (Lipinski definition) is 4. The Kier molecular flexibility index (Phi) is 7.86. The summed E-state index contributed by atoms with van der Waals surface area (Å²) in [6.45, 7) is 6.21. The number of Topliss-reactive ketones (excluding diaryl/α,β-unsaturated/α-hetero) is 1. The van der Waals surface area contributed by atoms with Gasteiger partial charge >= 0.3 is 0 Å². The Balaban J connectivity index is 1.94. The summed E-state index contributed by atoms with van der Waals surface area (Å²) in [6, 6.07) is 13.0. The molecule has 27 heavy (non-hydrogen) atoms. The molecule has 0 saturated carbocycles. The molecule has 0 spiro atoms. The van der Waals surface area contributed by atoms with E-state index in [1.807, 2.05) is 25.1 Å². The minimum Gasteiger partial charge on any atom is -0.490 e. The zero-order valence-electron chi connectivity index (χ0n) is 16.2. The lowest BCUT2D eigenvalue weighted by Gasteiger charge is -2.13. The normalized spacial score (nSPS) is 10.3. The molecule has 0 atom stereocenters. The summed E-state index contributed by atoms with van der Waals surface area (Å²) in [5, 5.41) is 2.79. The maximum absolute atomic E-state index is 11.9. The van der Waals surface area contributed by atoms with Gasteiger partial charge in [0.15, 0.2) is 5.78 Å². The fraction of sp³-hybridized carbons (Fsp3) is 0.364. The molecule has 0 heterocycles. The number of rotatable bonds is 10. The van der Waals surface area contributed by atoms with E-state index in [0.717, 1.165) is 18.6 Å². The quantitative estimate of drug-likeness (QED) is 0.489. The predicted molar refractivity (Wildman–Crippen MR) is 107 cm³/mol. The van der Waals surface area contributed by atoms with Crippen molar-refractivity contribution in [2.45, 2.75) is 40.0 Å². The third-order valence-electron chi connectivity index (χ3n) is 4.04. The van der Waals surface area contributed by atoms with Crippen LogP contribution in [0.5, 0.6) is 11.5 Å². The third kappa shape index (κ3) is 6.44. The summed E-state index contributed by atoms with van der Waals surface area (Å²) in [4.78, 5) is 23.7. The molecule has 144 valence electrons. The van der Waals surface area contributed by atoms with E-state index in [-0.39, 0.29) is 11.7 Å². The van der Waals surface area contributed by atoms with Crippen molar-refractivity contribution in [1.29, 1.82) is 0 Å². The molecule has 5 nitrogen and oxygen atoms in total. The minimum atomic E-state index is -0.117. The lowest BCUT2D eigenvalue weighted by Crippen LogP contribution is -2.13. The van der Waals surface area contributed by atoms with Crippen molar-refractivity contribution in [3.63, 3.8) is 0 Å². The largest absolute Gasteiger partial charge is 0.490 e. The van der Waals surface area contributed by atoms with Crippen molar-refractivity contribution >= 4 is 17.4 Å². The van der Waals surface area contributed by atoms with E-state index in [9.17, 15) is 9.59 Å². The van der Waals surface area contributed by atoms with Gasteiger partial charge in [-0.15, -0.1) is 0 Å². The monoisotopic (exact) mass is 369 g/mol. The number of carbonyl (C=O) groups is 2. The van der Waals surface area contributed by atoms with E-state index in [4.69, 9.17) is 9.47 Å². The van der Waals surface area contributed by atoms with E-state index >= 15 is 0 Å². The number of aryl methyl sites for hydroxylation is 1. The zero-order chi connectivity index (χ0) is 19.6. The average Bonchev–Trinajstić information content (AvgIpc) is 2.66. The molecule has 0 aliphatic rings. The predicted octanol–water partition coefficient (Wildman–Crippen LogP) is 4.65. The second-order valence-electron chi connectivity index (χ2n) is 6.26. The molecule has 1 amide bonds. The highest BCUT2D eigenvalue weighted by molar-refractivity contribution is 5.99. The van der Waals surface area contributed by atoms with E-state index < -0.39 is 0 Å². The van der Waals surface area contributed by atoms with Gasteiger partial charge in [-0.25, -0.2) is 0 Å². The van der Waals surface area contributed by atoms with Crippen LogP contribution in [0.4, 0.5) is 5.69 Å². The van der Waals surface area contributed by atoms with Crippen LogP contribution in [0.25, 0.3) is 0 Å². The summed E-state index contributed by atoms with van der Waals surface area (Å²) in [5.74, 6) is 1.11. The van der Waals surface area contributed by atoms with Gasteiger partial charge in [0, 0.05) is 12.1 Å². The number of amides is 1. The molecule has 0 bridgehead atoms. The first-order chi connectivity index (χ1) is 13.0. The van der Waals surface area contributed by atoms with E-state index in [2.05, 4.69) is 18.3 Å². The highest BCUT2D eigenvalue weighted by Crippen LogP contribution is 2.24. The number of anilines is 1. The van der Waals surface area contributed by atoms with Crippen molar-refractivity contribution in [3.05, 3.63) is 53.6 Å².